The Balaban J connectivity index is 1.85. The van der Waals surface area contributed by atoms with E-state index in [0.717, 1.165) is 12.0 Å². The van der Waals surface area contributed by atoms with Crippen LogP contribution in [0.5, 0.6) is 0 Å². The minimum Gasteiger partial charge on any atom is -0.385 e. The Morgan fingerprint density at radius 1 is 1.42 bits per heavy atom. The molecule has 1 aromatic rings. The summed E-state index contributed by atoms with van der Waals surface area (Å²) in [6.45, 7) is 3.86. The van der Waals surface area contributed by atoms with Crippen LogP contribution in [0.15, 0.2) is 30.3 Å². The van der Waals surface area contributed by atoms with Gasteiger partial charge in [-0.05, 0) is 31.2 Å². The molecule has 2 rings (SSSR count). The lowest BCUT2D eigenvalue weighted by Crippen LogP contribution is -2.34. The van der Waals surface area contributed by atoms with Gasteiger partial charge >= 0.3 is 0 Å². The highest BCUT2D eigenvalue weighted by atomic mass is 16.3. The number of aliphatic hydroxyl groups is 1. The molecule has 3 unspecified atom stereocenters. The van der Waals surface area contributed by atoms with Gasteiger partial charge in [0.15, 0.2) is 0 Å². The van der Waals surface area contributed by atoms with E-state index in [1.54, 1.807) is 6.92 Å². The van der Waals surface area contributed by atoms with Gasteiger partial charge < -0.3 is 10.4 Å². The number of carbonyl (C=O) groups is 1. The van der Waals surface area contributed by atoms with Gasteiger partial charge in [-0.2, -0.15) is 0 Å². The molecule has 3 nitrogen and oxygen atoms in total. The molecule has 1 aliphatic rings. The zero-order valence-corrected chi connectivity index (χ0v) is 11.7. The van der Waals surface area contributed by atoms with Crippen molar-refractivity contribution in [2.75, 3.05) is 0 Å². The molecule has 19 heavy (non-hydrogen) atoms. The summed E-state index contributed by atoms with van der Waals surface area (Å²) < 4.78 is 0. The molecule has 0 aromatic heterocycles. The van der Waals surface area contributed by atoms with E-state index in [1.807, 2.05) is 30.3 Å². The molecular weight excluding hydrogens is 238 g/mol. The van der Waals surface area contributed by atoms with Crippen molar-refractivity contribution < 1.29 is 9.90 Å². The van der Waals surface area contributed by atoms with E-state index in [9.17, 15) is 9.90 Å². The number of carbonyl (C=O) groups excluding carboxylic acids is 1. The average Bonchev–Trinajstić information content (AvgIpc) is 3.08. The van der Waals surface area contributed by atoms with Crippen LogP contribution in [-0.2, 0) is 10.4 Å². The fourth-order valence-electron chi connectivity index (χ4n) is 2.58. The van der Waals surface area contributed by atoms with Crippen molar-refractivity contribution in [1.82, 2.24) is 5.32 Å². The van der Waals surface area contributed by atoms with Crippen molar-refractivity contribution in [3.63, 3.8) is 0 Å². The van der Waals surface area contributed by atoms with Crippen LogP contribution in [0.4, 0.5) is 0 Å². The first-order valence-corrected chi connectivity index (χ1v) is 7.10. The van der Waals surface area contributed by atoms with Crippen LogP contribution >= 0.6 is 0 Å². The normalized spacial score (nSPS) is 24.6. The van der Waals surface area contributed by atoms with Crippen molar-refractivity contribution in [3.05, 3.63) is 35.9 Å². The minimum absolute atomic E-state index is 0.0579. The maximum atomic E-state index is 12.0. The van der Waals surface area contributed by atoms with E-state index < -0.39 is 5.60 Å². The van der Waals surface area contributed by atoms with Crippen LogP contribution in [-0.4, -0.2) is 17.1 Å². The third-order valence-electron chi connectivity index (χ3n) is 3.83. The summed E-state index contributed by atoms with van der Waals surface area (Å²) in [6.07, 6.45) is 3.55. The summed E-state index contributed by atoms with van der Waals surface area (Å²) in [5.74, 6) is 0.591. The van der Waals surface area contributed by atoms with Crippen LogP contribution in [0.2, 0.25) is 0 Å². The van der Waals surface area contributed by atoms with E-state index in [2.05, 4.69) is 12.2 Å². The topological polar surface area (TPSA) is 49.3 Å². The Morgan fingerprint density at radius 3 is 2.74 bits per heavy atom. The Kier molecular flexibility index (Phi) is 4.25. The van der Waals surface area contributed by atoms with Gasteiger partial charge in [0.1, 0.15) is 0 Å². The largest absolute Gasteiger partial charge is 0.385 e. The van der Waals surface area contributed by atoms with Gasteiger partial charge in [0.25, 0.3) is 0 Å². The predicted octanol–water partition coefficient (Wildman–Crippen LogP) is 2.59. The molecule has 0 aliphatic heterocycles. The van der Waals surface area contributed by atoms with Crippen LogP contribution < -0.4 is 5.32 Å². The average molecular weight is 261 g/mol. The third kappa shape index (κ3) is 3.80. The highest BCUT2D eigenvalue weighted by molar-refractivity contribution is 5.78. The molecule has 0 saturated heterocycles. The Bertz CT molecular complexity index is 428. The lowest BCUT2D eigenvalue weighted by molar-refractivity contribution is -0.126. The molecule has 2 N–H and O–H groups in total. The Labute approximate surface area is 115 Å². The monoisotopic (exact) mass is 261 g/mol. The fraction of sp³-hybridized carbons (Fsp3) is 0.562. The van der Waals surface area contributed by atoms with E-state index >= 15 is 0 Å². The minimum atomic E-state index is -1.10. The van der Waals surface area contributed by atoms with Crippen LogP contribution in [0, 0.1) is 5.92 Å². The summed E-state index contributed by atoms with van der Waals surface area (Å²) in [5, 5.41) is 13.4. The van der Waals surface area contributed by atoms with Gasteiger partial charge in [-0.25, -0.2) is 0 Å². The van der Waals surface area contributed by atoms with Gasteiger partial charge in [-0.1, -0.05) is 43.7 Å². The predicted molar refractivity (Wildman–Crippen MR) is 75.6 cm³/mol. The molecule has 1 aliphatic carbocycles. The quantitative estimate of drug-likeness (QED) is 0.827. The molecule has 0 bridgehead atoms. The lowest BCUT2D eigenvalue weighted by atomic mass is 9.92. The molecule has 0 heterocycles. The van der Waals surface area contributed by atoms with Crippen molar-refractivity contribution in [1.29, 1.82) is 0 Å². The van der Waals surface area contributed by atoms with E-state index in [-0.39, 0.29) is 12.3 Å². The molecule has 1 aromatic carbocycles. The maximum absolute atomic E-state index is 12.0. The molecule has 1 saturated carbocycles. The number of benzene rings is 1. The Hall–Kier alpha value is -1.35. The van der Waals surface area contributed by atoms with Gasteiger partial charge in [0.2, 0.25) is 5.91 Å². The van der Waals surface area contributed by atoms with Gasteiger partial charge in [0.05, 0.1) is 12.0 Å². The standard InChI is InChI=1S/C16H23NO2/c1-3-7-12-10-14(12)17-15(18)11-16(2,19)13-8-5-4-6-9-13/h4-6,8-9,12,14,19H,3,7,10-11H2,1-2H3,(H,17,18). The van der Waals surface area contributed by atoms with E-state index in [1.165, 1.54) is 12.8 Å². The molecule has 1 amide bonds. The highest BCUT2D eigenvalue weighted by Gasteiger charge is 2.38. The molecule has 104 valence electrons. The lowest BCUT2D eigenvalue weighted by Gasteiger charge is -2.23. The number of nitrogens with one attached hydrogen (secondary N) is 1. The summed E-state index contributed by atoms with van der Waals surface area (Å²) in [6, 6.07) is 9.69. The van der Waals surface area contributed by atoms with E-state index in [0.29, 0.717) is 12.0 Å². The SMILES string of the molecule is CCCC1CC1NC(=O)CC(C)(O)c1ccccc1. The number of hydrogen-bond donors (Lipinski definition) is 2. The molecule has 0 radical (unpaired) electrons. The smallest absolute Gasteiger partial charge is 0.223 e. The number of rotatable bonds is 6. The molecule has 1 fully saturated rings. The van der Waals surface area contributed by atoms with Crippen molar-refractivity contribution in [3.8, 4) is 0 Å². The summed E-state index contributed by atoms with van der Waals surface area (Å²) >= 11 is 0. The Morgan fingerprint density at radius 2 is 2.11 bits per heavy atom. The van der Waals surface area contributed by atoms with Gasteiger partial charge in [0, 0.05) is 6.04 Å². The van der Waals surface area contributed by atoms with E-state index in [4.69, 9.17) is 0 Å². The first-order valence-electron chi connectivity index (χ1n) is 7.10. The zero-order chi connectivity index (χ0) is 13.9. The summed E-state index contributed by atoms with van der Waals surface area (Å²) in [7, 11) is 0. The van der Waals surface area contributed by atoms with Gasteiger partial charge in [-0.15, -0.1) is 0 Å². The second-order valence-electron chi connectivity index (χ2n) is 5.78. The van der Waals surface area contributed by atoms with Crippen LogP contribution in [0.3, 0.4) is 0 Å². The van der Waals surface area contributed by atoms with Crippen LogP contribution in [0.1, 0.15) is 45.1 Å². The fourth-order valence-corrected chi connectivity index (χ4v) is 2.58. The number of hydrogen-bond acceptors (Lipinski definition) is 2. The molecule has 3 heteroatoms. The van der Waals surface area contributed by atoms with Crippen molar-refractivity contribution >= 4 is 5.91 Å². The second-order valence-corrected chi connectivity index (χ2v) is 5.78. The van der Waals surface area contributed by atoms with Crippen molar-refractivity contribution in [2.24, 2.45) is 5.92 Å². The summed E-state index contributed by atoms with van der Waals surface area (Å²) in [4.78, 5) is 12.0. The highest BCUT2D eigenvalue weighted by Crippen LogP contribution is 2.35. The molecule has 0 spiro atoms. The van der Waals surface area contributed by atoms with Crippen LogP contribution in [0.25, 0.3) is 0 Å². The third-order valence-corrected chi connectivity index (χ3v) is 3.83. The molecular formula is C16H23NO2. The summed E-state index contributed by atoms with van der Waals surface area (Å²) in [5.41, 5.74) is -0.313. The second kappa shape index (κ2) is 5.74. The maximum Gasteiger partial charge on any atom is 0.223 e. The van der Waals surface area contributed by atoms with Crippen molar-refractivity contribution in [2.45, 2.75) is 51.2 Å². The molecule has 3 atom stereocenters. The van der Waals surface area contributed by atoms with Gasteiger partial charge in [-0.3, -0.25) is 4.79 Å². The first kappa shape index (κ1) is 14.1. The zero-order valence-electron chi connectivity index (χ0n) is 11.7. The first-order chi connectivity index (χ1) is 9.03. The number of amides is 1.